The summed E-state index contributed by atoms with van der Waals surface area (Å²) in [5.74, 6) is -0.263. The molecule has 54 heavy (non-hydrogen) atoms. The van der Waals surface area contributed by atoms with E-state index in [9.17, 15) is 18.9 Å². The molecule has 3 aromatic rings. The number of rotatable bonds is 13. The topological polar surface area (TPSA) is 155 Å². The zero-order valence-corrected chi connectivity index (χ0v) is 32.7. The van der Waals surface area contributed by atoms with Gasteiger partial charge in [-0.1, -0.05) is 57.2 Å². The minimum Gasteiger partial charge on any atom is -0.497 e. The number of pyridine rings is 1. The van der Waals surface area contributed by atoms with Crippen molar-refractivity contribution in [2.24, 2.45) is 11.3 Å². The van der Waals surface area contributed by atoms with E-state index < -0.39 is 54.4 Å². The number of methoxy groups -OCH3 is 1. The van der Waals surface area contributed by atoms with Crippen LogP contribution < -0.4 is 20.1 Å². The number of likely N-dealkylation sites (tertiary alicyclic amines) is 1. The summed E-state index contributed by atoms with van der Waals surface area (Å²) in [6.07, 6.45) is 3.96. The Kier molecular flexibility index (Phi) is 11.4. The van der Waals surface area contributed by atoms with Gasteiger partial charge in [0.05, 0.1) is 24.9 Å². The zero-order valence-electron chi connectivity index (χ0n) is 31.8. The number of benzene rings is 2. The molecule has 3 fully saturated rings. The lowest BCUT2D eigenvalue weighted by Crippen LogP contribution is -2.58. The molecule has 2 aliphatic carbocycles. The number of aromatic nitrogens is 1. The van der Waals surface area contributed by atoms with Gasteiger partial charge in [-0.15, -0.1) is 6.58 Å². The van der Waals surface area contributed by atoms with Crippen LogP contribution in [0.3, 0.4) is 0 Å². The Morgan fingerprint density at radius 2 is 1.72 bits per heavy atom. The summed E-state index contributed by atoms with van der Waals surface area (Å²) in [6.45, 7) is 9.40. The van der Waals surface area contributed by atoms with Crippen molar-refractivity contribution in [3.63, 3.8) is 0 Å². The standard InChI is InChI=1S/C40H51N4O9P/c1-8-26-23-40(26,54(48,50-6)51-7)43-36(45)33-21-29(24-44(33)37(46)35(39(2,3)4)42-38(47)53-27-16-12-13-17-27)52-34-22-31(25-14-10-9-11-15-25)41-32-20-28(49-5)18-19-30(32)34/h8-11,14-15,18-20,22,26-27,29,33,35H,1,12-13,16-17,21,23-24H2,2-7H3,(H,42,47)(H,43,45)/t26-,29-,33+,35-,40+/m1/s1. The second-order valence-electron chi connectivity index (χ2n) is 15.3. The Balaban J connectivity index is 1.35. The van der Waals surface area contributed by atoms with Gasteiger partial charge in [0.1, 0.15) is 41.1 Å². The fourth-order valence-electron chi connectivity index (χ4n) is 7.61. The Hall–Kier alpha value is -4.45. The number of carbonyl (C=O) groups excluding carboxylic acids is 3. The minimum absolute atomic E-state index is 0.0214. The Bertz CT molecular complexity index is 1920. The van der Waals surface area contributed by atoms with Crippen LogP contribution in [-0.2, 0) is 27.9 Å². The summed E-state index contributed by atoms with van der Waals surface area (Å²) in [4.78, 5) is 48.6. The highest BCUT2D eigenvalue weighted by molar-refractivity contribution is 7.56. The molecule has 0 bridgehead atoms. The van der Waals surface area contributed by atoms with Crippen molar-refractivity contribution in [2.75, 3.05) is 27.9 Å². The molecule has 1 aliphatic heterocycles. The zero-order chi connectivity index (χ0) is 38.8. The van der Waals surface area contributed by atoms with Gasteiger partial charge in [0.25, 0.3) is 0 Å². The van der Waals surface area contributed by atoms with E-state index in [4.69, 9.17) is 28.2 Å². The molecule has 1 aromatic heterocycles. The predicted molar refractivity (Wildman–Crippen MR) is 204 cm³/mol. The van der Waals surface area contributed by atoms with Crippen LogP contribution in [0.2, 0.25) is 0 Å². The van der Waals surface area contributed by atoms with Crippen molar-refractivity contribution in [1.29, 1.82) is 0 Å². The fourth-order valence-corrected chi connectivity index (χ4v) is 9.59. The lowest BCUT2D eigenvalue weighted by atomic mass is 9.85. The van der Waals surface area contributed by atoms with Gasteiger partial charge in [-0.25, -0.2) is 9.78 Å². The minimum atomic E-state index is -3.83. The highest BCUT2D eigenvalue weighted by Gasteiger charge is 2.68. The molecular formula is C40H51N4O9P. The molecule has 2 aromatic carbocycles. The Morgan fingerprint density at radius 3 is 2.33 bits per heavy atom. The van der Waals surface area contributed by atoms with Crippen molar-refractivity contribution < 1.29 is 42.2 Å². The third-order valence-electron chi connectivity index (χ3n) is 10.7. The van der Waals surface area contributed by atoms with Crippen LogP contribution in [0.5, 0.6) is 11.5 Å². The van der Waals surface area contributed by atoms with Crippen LogP contribution in [0.25, 0.3) is 22.2 Å². The number of nitrogens with one attached hydrogen (secondary N) is 2. The second kappa shape index (κ2) is 15.7. The smallest absolute Gasteiger partial charge is 0.408 e. The molecule has 0 radical (unpaired) electrons. The summed E-state index contributed by atoms with van der Waals surface area (Å²) >= 11 is 0. The van der Waals surface area contributed by atoms with Gasteiger partial charge >= 0.3 is 13.7 Å². The van der Waals surface area contributed by atoms with Crippen LogP contribution in [0.4, 0.5) is 4.79 Å². The predicted octanol–water partition coefficient (Wildman–Crippen LogP) is 6.85. The maximum atomic E-state index is 14.7. The fraction of sp³-hybridized carbons (Fsp3) is 0.500. The van der Waals surface area contributed by atoms with E-state index in [1.807, 2.05) is 75.4 Å². The van der Waals surface area contributed by atoms with Crippen LogP contribution in [0.1, 0.15) is 59.3 Å². The average molecular weight is 763 g/mol. The number of amides is 3. The molecule has 5 atom stereocenters. The van der Waals surface area contributed by atoms with Crippen LogP contribution in [0, 0.1) is 11.3 Å². The summed E-state index contributed by atoms with van der Waals surface area (Å²) in [5.41, 5.74) is 1.43. The average Bonchev–Trinajstić information content (AvgIpc) is 3.43. The molecule has 6 rings (SSSR count). The highest BCUT2D eigenvalue weighted by atomic mass is 31.2. The van der Waals surface area contributed by atoms with Gasteiger partial charge in [0.2, 0.25) is 11.8 Å². The first-order chi connectivity index (χ1) is 25.7. The molecule has 3 aliphatic rings. The maximum Gasteiger partial charge on any atom is 0.408 e. The molecule has 2 heterocycles. The quantitative estimate of drug-likeness (QED) is 0.140. The van der Waals surface area contributed by atoms with Crippen molar-refractivity contribution >= 4 is 36.4 Å². The molecule has 2 saturated carbocycles. The first-order valence-electron chi connectivity index (χ1n) is 18.4. The summed E-state index contributed by atoms with van der Waals surface area (Å²) in [5, 5.41) is 5.15. The van der Waals surface area contributed by atoms with E-state index in [1.165, 1.54) is 19.1 Å². The number of ether oxygens (including phenoxy) is 3. The second-order valence-corrected chi connectivity index (χ2v) is 17.8. The third-order valence-corrected chi connectivity index (χ3v) is 13.3. The molecule has 2 N–H and O–H groups in total. The number of fused-ring (bicyclic) bond motifs is 1. The van der Waals surface area contributed by atoms with Gasteiger partial charge in [0, 0.05) is 49.6 Å². The van der Waals surface area contributed by atoms with Crippen molar-refractivity contribution in [1.82, 2.24) is 20.5 Å². The van der Waals surface area contributed by atoms with E-state index in [0.717, 1.165) is 36.6 Å². The van der Waals surface area contributed by atoms with E-state index in [2.05, 4.69) is 17.2 Å². The van der Waals surface area contributed by atoms with E-state index in [1.54, 1.807) is 13.2 Å². The number of carbonyl (C=O) groups is 3. The molecule has 0 spiro atoms. The van der Waals surface area contributed by atoms with Crippen molar-refractivity contribution in [2.45, 2.75) is 88.9 Å². The monoisotopic (exact) mass is 762 g/mol. The van der Waals surface area contributed by atoms with Crippen LogP contribution in [0.15, 0.2) is 67.3 Å². The first kappa shape index (κ1) is 39.2. The van der Waals surface area contributed by atoms with Crippen molar-refractivity contribution in [3.8, 4) is 22.8 Å². The number of alkyl carbamates (subject to hydrolysis) is 1. The molecule has 290 valence electrons. The van der Waals surface area contributed by atoms with Crippen LogP contribution in [-0.4, -0.2) is 85.2 Å². The molecule has 0 unspecified atom stereocenters. The number of nitrogens with zero attached hydrogens (tertiary/aromatic N) is 2. The maximum absolute atomic E-state index is 14.7. The van der Waals surface area contributed by atoms with E-state index in [0.29, 0.717) is 22.7 Å². The van der Waals surface area contributed by atoms with Gasteiger partial charge in [-0.3, -0.25) is 14.2 Å². The first-order valence-corrected chi connectivity index (χ1v) is 19.9. The molecule has 1 saturated heterocycles. The largest absolute Gasteiger partial charge is 0.497 e. The highest BCUT2D eigenvalue weighted by Crippen LogP contribution is 2.72. The van der Waals surface area contributed by atoms with E-state index >= 15 is 0 Å². The lowest BCUT2D eigenvalue weighted by molar-refractivity contribution is -0.142. The molecule has 14 heteroatoms. The van der Waals surface area contributed by atoms with Crippen LogP contribution >= 0.6 is 7.60 Å². The summed E-state index contributed by atoms with van der Waals surface area (Å²) in [7, 11) is 0.302. The molecule has 3 amide bonds. The Labute approximate surface area is 316 Å². The van der Waals surface area contributed by atoms with Gasteiger partial charge in [-0.2, -0.15) is 0 Å². The number of hydrogen-bond acceptors (Lipinski definition) is 10. The number of hydrogen-bond donors (Lipinski definition) is 2. The molecule has 13 nitrogen and oxygen atoms in total. The Morgan fingerprint density at radius 1 is 1.02 bits per heavy atom. The normalized spacial score (nSPS) is 23.4. The lowest BCUT2D eigenvalue weighted by Gasteiger charge is -2.36. The molecular weight excluding hydrogens is 711 g/mol. The summed E-state index contributed by atoms with van der Waals surface area (Å²) in [6, 6.07) is 14.9. The van der Waals surface area contributed by atoms with Crippen molar-refractivity contribution in [3.05, 3.63) is 67.3 Å². The van der Waals surface area contributed by atoms with Gasteiger partial charge in [-0.05, 0) is 49.7 Å². The third kappa shape index (κ3) is 7.85. The SMILES string of the molecule is C=C[C@@H]1C[C@]1(NC(=O)[C@@H]1C[C@@H](Oc2cc(-c3ccccc3)nc3cc(OC)ccc23)CN1C(=O)[C@@H](NC(=O)OC1CCCC1)C(C)(C)C)P(=O)(OC)OC. The van der Waals surface area contributed by atoms with Gasteiger partial charge in [0.15, 0.2) is 0 Å². The van der Waals surface area contributed by atoms with E-state index in [-0.39, 0.29) is 31.4 Å². The summed E-state index contributed by atoms with van der Waals surface area (Å²) < 4.78 is 42.4. The van der Waals surface area contributed by atoms with Gasteiger partial charge < -0.3 is 38.8 Å².